The Morgan fingerprint density at radius 3 is 0.861 bits per heavy atom. The molecule has 0 aromatic heterocycles. The van der Waals surface area contributed by atoms with Gasteiger partial charge in [0, 0.05) is 19.3 Å². The Hall–Kier alpha value is -3.41. The molecule has 0 spiro atoms. The summed E-state index contributed by atoms with van der Waals surface area (Å²) in [4.78, 5) is 38.2. The van der Waals surface area contributed by atoms with Crippen LogP contribution in [-0.4, -0.2) is 37.2 Å². The quantitative estimate of drug-likeness (QED) is 0.0261. The van der Waals surface area contributed by atoms with Crippen LogP contribution in [0.15, 0.2) is 85.1 Å². The summed E-state index contributed by atoms with van der Waals surface area (Å²) in [7, 11) is 0. The van der Waals surface area contributed by atoms with Crippen molar-refractivity contribution in [1.29, 1.82) is 0 Å². The molecular formula is C66H114O6. The van der Waals surface area contributed by atoms with Crippen molar-refractivity contribution in [2.75, 3.05) is 13.2 Å². The highest BCUT2D eigenvalue weighted by Gasteiger charge is 2.19. The molecule has 0 saturated heterocycles. The van der Waals surface area contributed by atoms with Gasteiger partial charge in [0.2, 0.25) is 0 Å². The highest BCUT2D eigenvalue weighted by Crippen LogP contribution is 2.16. The van der Waals surface area contributed by atoms with Crippen LogP contribution >= 0.6 is 0 Å². The molecule has 0 N–H and O–H groups in total. The molecule has 72 heavy (non-hydrogen) atoms. The summed E-state index contributed by atoms with van der Waals surface area (Å²) >= 11 is 0. The molecule has 0 saturated carbocycles. The van der Waals surface area contributed by atoms with E-state index in [0.29, 0.717) is 19.3 Å². The predicted molar refractivity (Wildman–Crippen MR) is 311 cm³/mol. The number of esters is 3. The molecule has 0 aliphatic heterocycles. The number of hydrogen-bond donors (Lipinski definition) is 0. The molecule has 0 bridgehead atoms. The third kappa shape index (κ3) is 57.5. The lowest BCUT2D eigenvalue weighted by Gasteiger charge is -2.18. The number of allylic oxidation sites excluding steroid dienone is 14. The van der Waals surface area contributed by atoms with E-state index < -0.39 is 6.10 Å². The van der Waals surface area contributed by atoms with Crippen molar-refractivity contribution in [1.82, 2.24) is 0 Å². The van der Waals surface area contributed by atoms with E-state index in [1.165, 1.54) is 154 Å². The van der Waals surface area contributed by atoms with Crippen molar-refractivity contribution < 1.29 is 28.6 Å². The van der Waals surface area contributed by atoms with Crippen LogP contribution < -0.4 is 0 Å². The molecule has 0 heterocycles. The molecule has 6 nitrogen and oxygen atoms in total. The first-order valence-corrected chi connectivity index (χ1v) is 30.6. The van der Waals surface area contributed by atoms with Gasteiger partial charge >= 0.3 is 17.9 Å². The predicted octanol–water partition coefficient (Wildman–Crippen LogP) is 20.7. The van der Waals surface area contributed by atoms with Gasteiger partial charge in [0.15, 0.2) is 6.10 Å². The SMILES string of the molecule is CC/C=C\C/C=C\C/C=C\C/C=C\C/C=C\CCCCCC(=O)OC(COC(=O)CCCCCCCCCCCCCC)COC(=O)CCCCCCCCCCCCC/C=C\C/C=C\CCCCCCC. The molecule has 0 aliphatic carbocycles. The second-order valence-electron chi connectivity index (χ2n) is 20.2. The van der Waals surface area contributed by atoms with E-state index in [1.807, 2.05) is 0 Å². The maximum absolute atomic E-state index is 12.9. The zero-order chi connectivity index (χ0) is 52.2. The number of unbranched alkanes of at least 4 members (excludes halogenated alkanes) is 30. The lowest BCUT2D eigenvalue weighted by atomic mass is 10.0. The van der Waals surface area contributed by atoms with Crippen molar-refractivity contribution in [3.05, 3.63) is 85.1 Å². The van der Waals surface area contributed by atoms with Crippen molar-refractivity contribution in [3.63, 3.8) is 0 Å². The molecule has 0 fully saturated rings. The van der Waals surface area contributed by atoms with Gasteiger partial charge in [0.25, 0.3) is 0 Å². The fraction of sp³-hybridized carbons (Fsp3) is 0.742. The first kappa shape index (κ1) is 68.6. The fourth-order valence-electron chi connectivity index (χ4n) is 8.56. The molecule has 0 aromatic rings. The molecule has 0 aromatic carbocycles. The largest absolute Gasteiger partial charge is 0.462 e. The Morgan fingerprint density at radius 2 is 0.542 bits per heavy atom. The molecule has 0 amide bonds. The molecular weight excluding hydrogens is 889 g/mol. The number of hydrogen-bond acceptors (Lipinski definition) is 6. The molecule has 6 heteroatoms. The Balaban J connectivity index is 4.36. The van der Waals surface area contributed by atoms with Crippen LogP contribution in [0.25, 0.3) is 0 Å². The van der Waals surface area contributed by atoms with E-state index in [-0.39, 0.29) is 31.1 Å². The van der Waals surface area contributed by atoms with E-state index in [9.17, 15) is 14.4 Å². The number of carbonyl (C=O) groups excluding carboxylic acids is 3. The van der Waals surface area contributed by atoms with E-state index >= 15 is 0 Å². The average Bonchev–Trinajstić information content (AvgIpc) is 3.38. The summed E-state index contributed by atoms with van der Waals surface area (Å²) < 4.78 is 16.9. The minimum atomic E-state index is -0.794. The van der Waals surface area contributed by atoms with E-state index in [0.717, 1.165) is 103 Å². The summed E-state index contributed by atoms with van der Waals surface area (Å²) in [5, 5.41) is 0. The third-order valence-corrected chi connectivity index (χ3v) is 13.1. The molecule has 0 aliphatic rings. The highest BCUT2D eigenvalue weighted by molar-refractivity contribution is 5.71. The first-order valence-electron chi connectivity index (χ1n) is 30.6. The maximum atomic E-state index is 12.9. The lowest BCUT2D eigenvalue weighted by Crippen LogP contribution is -2.30. The number of rotatable bonds is 55. The second-order valence-corrected chi connectivity index (χ2v) is 20.2. The zero-order valence-corrected chi connectivity index (χ0v) is 47.4. The molecule has 1 atom stereocenters. The normalized spacial score (nSPS) is 12.7. The van der Waals surface area contributed by atoms with E-state index in [4.69, 9.17) is 14.2 Å². The highest BCUT2D eigenvalue weighted by atomic mass is 16.6. The summed E-state index contributed by atoms with van der Waals surface area (Å²) in [5.74, 6) is -0.914. The number of ether oxygens (including phenoxy) is 3. The summed E-state index contributed by atoms with van der Waals surface area (Å²) in [5.41, 5.74) is 0. The van der Waals surface area contributed by atoms with Crippen molar-refractivity contribution in [3.8, 4) is 0 Å². The van der Waals surface area contributed by atoms with Gasteiger partial charge in [-0.25, -0.2) is 0 Å². The van der Waals surface area contributed by atoms with Crippen LogP contribution in [0.1, 0.15) is 297 Å². The van der Waals surface area contributed by atoms with Gasteiger partial charge in [-0.2, -0.15) is 0 Å². The number of carbonyl (C=O) groups is 3. The molecule has 0 radical (unpaired) electrons. The second kappa shape index (κ2) is 60.1. The Bertz CT molecular complexity index is 1380. The summed E-state index contributed by atoms with van der Waals surface area (Å²) in [6.45, 7) is 6.51. The van der Waals surface area contributed by atoms with Crippen LogP contribution in [0, 0.1) is 0 Å². The lowest BCUT2D eigenvalue weighted by molar-refractivity contribution is -0.167. The van der Waals surface area contributed by atoms with Crippen molar-refractivity contribution >= 4 is 17.9 Å². The standard InChI is InChI=1S/C66H114O6/c1-4-7-10-13-16-19-22-25-27-29-31-32-33-34-36-37-39-41-44-47-50-53-56-59-65(68)71-62-63(61-70-64(67)58-55-52-49-46-43-24-21-18-15-12-9-6-3)72-66(69)60-57-54-51-48-45-42-40-38-35-30-28-26-23-20-17-14-11-8-5-2/h8,11,17,20,22,25-26,28-29,31,35,38,42,45,63H,4-7,9-10,12-16,18-19,21,23-24,27,30,32-34,36-37,39-41,43-44,46-62H2,1-3H3/b11-8-,20-17-,25-22-,28-26-,31-29-,38-35-,45-42-. The minimum absolute atomic E-state index is 0.0883. The Morgan fingerprint density at radius 1 is 0.292 bits per heavy atom. The topological polar surface area (TPSA) is 78.9 Å². The van der Waals surface area contributed by atoms with Gasteiger partial charge in [-0.3, -0.25) is 14.4 Å². The van der Waals surface area contributed by atoms with Crippen LogP contribution in [0.2, 0.25) is 0 Å². The first-order chi connectivity index (χ1) is 35.5. The van der Waals surface area contributed by atoms with Crippen molar-refractivity contribution in [2.24, 2.45) is 0 Å². The molecule has 0 rings (SSSR count). The van der Waals surface area contributed by atoms with E-state index in [1.54, 1.807) is 0 Å². The Labute approximate surface area is 445 Å². The smallest absolute Gasteiger partial charge is 0.306 e. The summed E-state index contributed by atoms with van der Waals surface area (Å²) in [6.07, 6.45) is 78.7. The van der Waals surface area contributed by atoms with E-state index in [2.05, 4.69) is 106 Å². The van der Waals surface area contributed by atoms with Crippen molar-refractivity contribution in [2.45, 2.75) is 303 Å². The van der Waals surface area contributed by atoms with Gasteiger partial charge in [-0.15, -0.1) is 0 Å². The van der Waals surface area contributed by atoms with Gasteiger partial charge in [-0.05, 0) is 96.3 Å². The fourth-order valence-corrected chi connectivity index (χ4v) is 8.56. The van der Waals surface area contributed by atoms with Gasteiger partial charge in [0.1, 0.15) is 13.2 Å². The van der Waals surface area contributed by atoms with Crippen LogP contribution in [0.5, 0.6) is 0 Å². The average molecular weight is 1000 g/mol. The van der Waals surface area contributed by atoms with Crippen LogP contribution in [0.3, 0.4) is 0 Å². The third-order valence-electron chi connectivity index (χ3n) is 13.1. The minimum Gasteiger partial charge on any atom is -0.462 e. The molecule has 414 valence electrons. The Kier molecular flexibility index (Phi) is 57.3. The molecule has 1 unspecified atom stereocenters. The van der Waals surface area contributed by atoms with Gasteiger partial charge in [-0.1, -0.05) is 266 Å². The maximum Gasteiger partial charge on any atom is 0.306 e. The van der Waals surface area contributed by atoms with Gasteiger partial charge in [0.05, 0.1) is 0 Å². The van der Waals surface area contributed by atoms with Crippen LogP contribution in [-0.2, 0) is 28.6 Å². The van der Waals surface area contributed by atoms with Crippen LogP contribution in [0.4, 0.5) is 0 Å². The summed E-state index contributed by atoms with van der Waals surface area (Å²) in [6, 6.07) is 0. The monoisotopic (exact) mass is 1000 g/mol. The zero-order valence-electron chi connectivity index (χ0n) is 47.4. The van der Waals surface area contributed by atoms with Gasteiger partial charge < -0.3 is 14.2 Å².